The van der Waals surface area contributed by atoms with E-state index >= 15 is 0 Å². The summed E-state index contributed by atoms with van der Waals surface area (Å²) in [4.78, 5) is 78.0. The van der Waals surface area contributed by atoms with Crippen LogP contribution >= 0.6 is 8.53 Å². The number of alkyl halides is 6. The van der Waals surface area contributed by atoms with E-state index in [1.165, 1.54) is 10.8 Å². The molecule has 5 N–H and O–H groups in total. The number of nitriles is 1. The van der Waals surface area contributed by atoms with Crippen molar-refractivity contribution in [2.45, 2.75) is 127 Å². The first-order valence-electron chi connectivity index (χ1n) is 25.9. The number of aromatic nitrogens is 2. The Bertz CT molecular complexity index is 2800. The van der Waals surface area contributed by atoms with Crippen LogP contribution in [0.4, 0.5) is 26.3 Å². The molecule has 442 valence electrons. The number of rotatable bonds is 30. The summed E-state index contributed by atoms with van der Waals surface area (Å²) in [6, 6.07) is 24.5. The quantitative estimate of drug-likeness (QED) is 0.0160. The Morgan fingerprint density at radius 3 is 1.94 bits per heavy atom. The van der Waals surface area contributed by atoms with Crippen LogP contribution in [0.2, 0.25) is 0 Å². The summed E-state index contributed by atoms with van der Waals surface area (Å²) in [6.07, 6.45) is -13.3. The Morgan fingerprint density at radius 1 is 0.802 bits per heavy atom. The molecule has 0 spiro atoms. The van der Waals surface area contributed by atoms with Crippen molar-refractivity contribution in [3.8, 4) is 17.6 Å². The van der Waals surface area contributed by atoms with Gasteiger partial charge in [0.15, 0.2) is 0 Å². The van der Waals surface area contributed by atoms with Gasteiger partial charge in [0, 0.05) is 56.3 Å². The predicted molar refractivity (Wildman–Crippen MR) is 283 cm³/mol. The molecular weight excluding hydrogens is 1100 g/mol. The molecule has 0 radical (unpaired) electrons. The van der Waals surface area contributed by atoms with Crippen LogP contribution in [0.1, 0.15) is 94.7 Å². The van der Waals surface area contributed by atoms with Gasteiger partial charge in [-0.25, -0.2) is 9.46 Å². The number of methoxy groups -OCH3 is 2. The van der Waals surface area contributed by atoms with Crippen molar-refractivity contribution in [2.75, 3.05) is 47.1 Å². The van der Waals surface area contributed by atoms with Gasteiger partial charge >= 0.3 is 29.9 Å². The first-order valence-corrected chi connectivity index (χ1v) is 27.1. The van der Waals surface area contributed by atoms with Gasteiger partial charge in [-0.15, -0.1) is 0 Å². The molecule has 5 atom stereocenters. The van der Waals surface area contributed by atoms with E-state index in [-0.39, 0.29) is 82.5 Å². The summed E-state index contributed by atoms with van der Waals surface area (Å²) in [5.74, 6) is -5.16. The first-order chi connectivity index (χ1) is 38.4. The molecule has 5 rings (SSSR count). The van der Waals surface area contributed by atoms with E-state index in [0.717, 1.165) is 16.7 Å². The Hall–Kier alpha value is -6.88. The van der Waals surface area contributed by atoms with E-state index in [1.54, 1.807) is 24.9 Å². The summed E-state index contributed by atoms with van der Waals surface area (Å²) < 4.78 is 118. The molecule has 1 aliphatic rings. The lowest BCUT2D eigenvalue weighted by Crippen LogP contribution is -2.51. The van der Waals surface area contributed by atoms with Crippen molar-refractivity contribution < 1.29 is 73.5 Å². The minimum atomic E-state index is -5.36. The molecule has 1 fully saturated rings. The number of hydrogen-bond acceptors (Lipinski definition) is 14. The van der Waals surface area contributed by atoms with Gasteiger partial charge in [0.25, 0.3) is 14.1 Å². The maximum absolute atomic E-state index is 13.8. The Labute approximate surface area is 465 Å². The van der Waals surface area contributed by atoms with Crippen molar-refractivity contribution in [2.24, 2.45) is 0 Å². The van der Waals surface area contributed by atoms with Gasteiger partial charge in [0.1, 0.15) is 35.5 Å². The predicted octanol–water partition coefficient (Wildman–Crippen LogP) is 6.57. The standard InChI is InChI=1S/C54H67F6N8O12P/c1-34(2)68(35(3)4)81(78-30-12-26-61)80-43-31-46(79-44(43)33-77-52(37-13-8-7-9-14-37,38-17-21-40(75-5)22-18-38)39-19-23-41(76-6)24-20-39)67-32-36(47(70)66-51(67)74)16-25-45(69)62-28-29-63-48(71)42(65-50(73)54(58,59)60)15-10-11-27-64-49(72)53(55,56)57/h7-9,13-14,17-24,32,34-35,42-44,46H,10-12,15-16,25,27-31,33H2,1-6H3,(H,62,69)(H,63,71)(H,64,72)(H,65,73)(H,66,70,74)/t42?,43-,44+,46+,81?/m0/s1. The van der Waals surface area contributed by atoms with Crippen molar-refractivity contribution >= 4 is 32.2 Å². The SMILES string of the molecule is COc1ccc(C(OC[C@H]2O[C@@H](n3cc(CCC(=O)NCCNC(=O)C(CCCCNC(=O)C(F)(F)F)NC(=O)C(F)(F)F)c(=O)[nH]c3=O)C[C@@H]2OP(OCCC#N)N(C(C)C)C(C)C)(c2ccccc2)c2ccc(OC)cc2)cc1. The molecule has 27 heteroatoms. The maximum atomic E-state index is 13.8. The van der Waals surface area contributed by atoms with Gasteiger partial charge in [-0.3, -0.25) is 33.5 Å². The van der Waals surface area contributed by atoms with E-state index in [4.69, 9.17) is 28.0 Å². The molecule has 3 aromatic carbocycles. The zero-order valence-electron chi connectivity index (χ0n) is 45.5. The number of aryl methyl sites for hydroxylation is 1. The normalized spacial score (nSPS) is 16.4. The number of amides is 4. The number of carbonyl (C=O) groups is 4. The van der Waals surface area contributed by atoms with Crippen LogP contribution in [-0.4, -0.2) is 128 Å². The summed E-state index contributed by atoms with van der Waals surface area (Å²) in [5.41, 5.74) is -0.710. The van der Waals surface area contributed by atoms with Gasteiger partial charge in [-0.1, -0.05) is 54.6 Å². The number of halogens is 6. The fourth-order valence-electron chi connectivity index (χ4n) is 8.87. The highest BCUT2D eigenvalue weighted by Crippen LogP contribution is 2.51. The molecule has 2 heterocycles. The first kappa shape index (κ1) is 64.9. The van der Waals surface area contributed by atoms with Crippen LogP contribution < -0.4 is 42.0 Å². The van der Waals surface area contributed by atoms with Crippen LogP contribution in [0.3, 0.4) is 0 Å². The lowest BCUT2D eigenvalue weighted by atomic mass is 9.80. The third kappa shape index (κ3) is 18.3. The molecule has 81 heavy (non-hydrogen) atoms. The Balaban J connectivity index is 1.37. The highest BCUT2D eigenvalue weighted by Gasteiger charge is 2.46. The maximum Gasteiger partial charge on any atom is 0.471 e. The lowest BCUT2D eigenvalue weighted by molar-refractivity contribution is -0.174. The van der Waals surface area contributed by atoms with Crippen molar-refractivity contribution in [1.29, 1.82) is 5.26 Å². The molecule has 1 saturated heterocycles. The van der Waals surface area contributed by atoms with E-state index in [9.17, 15) is 60.4 Å². The van der Waals surface area contributed by atoms with Gasteiger partial charge in [-0.2, -0.15) is 31.6 Å². The number of aromatic amines is 1. The Kier molecular flexibility index (Phi) is 24.3. The summed E-state index contributed by atoms with van der Waals surface area (Å²) in [7, 11) is 1.25. The van der Waals surface area contributed by atoms with Crippen LogP contribution in [0, 0.1) is 11.3 Å². The summed E-state index contributed by atoms with van der Waals surface area (Å²) in [5, 5.41) is 17.4. The smallest absolute Gasteiger partial charge is 0.471 e. The van der Waals surface area contributed by atoms with E-state index < -0.39 is 98.8 Å². The minimum Gasteiger partial charge on any atom is -0.497 e. The number of unbranched alkanes of at least 4 members (excludes halogenated alkanes) is 1. The highest BCUT2D eigenvalue weighted by atomic mass is 31.2. The third-order valence-corrected chi connectivity index (χ3v) is 14.9. The molecule has 0 saturated carbocycles. The number of ether oxygens (including phenoxy) is 4. The van der Waals surface area contributed by atoms with Gasteiger partial charge in [0.2, 0.25) is 11.8 Å². The second-order valence-electron chi connectivity index (χ2n) is 19.1. The van der Waals surface area contributed by atoms with Crippen molar-refractivity contribution in [3.63, 3.8) is 0 Å². The molecule has 2 unspecified atom stereocenters. The number of nitrogens with zero attached hydrogens (tertiary/aromatic N) is 3. The zero-order chi connectivity index (χ0) is 59.5. The molecule has 1 aliphatic heterocycles. The average Bonchev–Trinajstić information content (AvgIpc) is 3.84. The number of benzene rings is 3. The largest absolute Gasteiger partial charge is 0.497 e. The molecule has 1 aromatic heterocycles. The van der Waals surface area contributed by atoms with Gasteiger partial charge in [0.05, 0.1) is 46.0 Å². The monoisotopic (exact) mass is 1160 g/mol. The fourth-order valence-corrected chi connectivity index (χ4v) is 10.6. The molecule has 0 bridgehead atoms. The fraction of sp³-hybridized carbons (Fsp3) is 0.500. The molecule has 0 aliphatic carbocycles. The summed E-state index contributed by atoms with van der Waals surface area (Å²) in [6.45, 7) is 6.73. The van der Waals surface area contributed by atoms with Gasteiger partial charge in [-0.05, 0) is 94.3 Å². The number of hydrogen-bond donors (Lipinski definition) is 5. The van der Waals surface area contributed by atoms with E-state index in [1.807, 2.05) is 111 Å². The van der Waals surface area contributed by atoms with Crippen LogP contribution in [0.25, 0.3) is 0 Å². The number of nitrogens with one attached hydrogen (secondary N) is 5. The second-order valence-corrected chi connectivity index (χ2v) is 20.5. The Morgan fingerprint density at radius 2 is 1.38 bits per heavy atom. The minimum absolute atomic E-state index is 0.00928. The topological polar surface area (TPSA) is 254 Å². The molecule has 4 aromatic rings. The van der Waals surface area contributed by atoms with Crippen LogP contribution in [0.5, 0.6) is 11.5 Å². The average molecular weight is 1170 g/mol. The zero-order valence-corrected chi connectivity index (χ0v) is 46.4. The van der Waals surface area contributed by atoms with Gasteiger partial charge < -0.3 is 49.3 Å². The summed E-state index contributed by atoms with van der Waals surface area (Å²) >= 11 is 0. The molecule has 20 nitrogen and oxygen atoms in total. The molecular formula is C54H67F6N8O12P. The van der Waals surface area contributed by atoms with Crippen molar-refractivity contribution in [1.82, 2.24) is 35.5 Å². The number of carbonyl (C=O) groups excluding carboxylic acids is 4. The molecule has 4 amide bonds. The third-order valence-electron chi connectivity index (χ3n) is 12.8. The highest BCUT2D eigenvalue weighted by molar-refractivity contribution is 7.44. The second kappa shape index (κ2) is 30.3. The van der Waals surface area contributed by atoms with E-state index in [0.29, 0.717) is 11.5 Å². The van der Waals surface area contributed by atoms with Crippen LogP contribution in [-0.2, 0) is 49.7 Å². The number of H-pyrrole nitrogens is 1. The van der Waals surface area contributed by atoms with Crippen LogP contribution in [0.15, 0.2) is 94.6 Å². The van der Waals surface area contributed by atoms with Crippen molar-refractivity contribution in [3.05, 3.63) is 128 Å². The lowest BCUT2D eigenvalue weighted by Gasteiger charge is -2.39. The van der Waals surface area contributed by atoms with E-state index in [2.05, 4.69) is 21.7 Å².